The Kier molecular flexibility index (Phi) is 6.95. The van der Waals surface area contributed by atoms with Gasteiger partial charge in [-0.15, -0.1) is 0 Å². The van der Waals surface area contributed by atoms with Crippen molar-refractivity contribution in [2.75, 3.05) is 33.2 Å². The van der Waals surface area contributed by atoms with Crippen molar-refractivity contribution in [2.45, 2.75) is 32.4 Å². The lowest BCUT2D eigenvalue weighted by molar-refractivity contribution is -0.125. The van der Waals surface area contributed by atoms with Gasteiger partial charge in [-0.1, -0.05) is 35.5 Å². The first-order valence-corrected chi connectivity index (χ1v) is 9.85. The Morgan fingerprint density at radius 2 is 1.76 bits per heavy atom. The van der Waals surface area contributed by atoms with Gasteiger partial charge >= 0.3 is 6.03 Å². The average molecular weight is 400 g/mol. The van der Waals surface area contributed by atoms with Gasteiger partial charge < -0.3 is 9.84 Å². The smallest absolute Gasteiger partial charge is 0.321 e. The topological polar surface area (TPSA) is 104 Å². The number of urea groups is 1. The van der Waals surface area contributed by atoms with Crippen molar-refractivity contribution in [1.82, 2.24) is 30.6 Å². The van der Waals surface area contributed by atoms with Gasteiger partial charge in [-0.25, -0.2) is 4.79 Å². The molecule has 1 aromatic carbocycles. The van der Waals surface area contributed by atoms with Crippen LogP contribution in [0, 0.1) is 0 Å². The largest absolute Gasteiger partial charge is 0.341 e. The van der Waals surface area contributed by atoms with E-state index in [4.69, 9.17) is 4.52 Å². The summed E-state index contributed by atoms with van der Waals surface area (Å²) < 4.78 is 5.50. The van der Waals surface area contributed by atoms with Crippen LogP contribution in [0.5, 0.6) is 0 Å². The number of nitrogens with one attached hydrogen (secondary N) is 2. The molecule has 9 nitrogen and oxygen atoms in total. The molecular weight excluding hydrogens is 372 g/mol. The minimum Gasteiger partial charge on any atom is -0.341 e. The van der Waals surface area contributed by atoms with Crippen LogP contribution in [0.1, 0.15) is 37.2 Å². The van der Waals surface area contributed by atoms with Crippen molar-refractivity contribution >= 4 is 11.9 Å². The minimum absolute atomic E-state index is 0.00387. The van der Waals surface area contributed by atoms with Crippen LogP contribution < -0.4 is 10.6 Å². The van der Waals surface area contributed by atoms with E-state index in [-0.39, 0.29) is 18.0 Å². The van der Waals surface area contributed by atoms with E-state index in [0.29, 0.717) is 18.1 Å². The van der Waals surface area contributed by atoms with Crippen LogP contribution in [0.4, 0.5) is 4.79 Å². The molecule has 0 radical (unpaired) electrons. The fraction of sp³-hybridized carbons (Fsp3) is 0.500. The Hall–Kier alpha value is -2.78. The molecule has 2 atom stereocenters. The molecule has 0 bridgehead atoms. The maximum absolute atomic E-state index is 12.1. The highest BCUT2D eigenvalue weighted by molar-refractivity contribution is 5.96. The predicted molar refractivity (Wildman–Crippen MR) is 107 cm³/mol. The summed E-state index contributed by atoms with van der Waals surface area (Å²) in [5, 5.41) is 8.84. The summed E-state index contributed by atoms with van der Waals surface area (Å²) in [5.41, 5.74) is 1.14. The van der Waals surface area contributed by atoms with Gasteiger partial charge in [-0.2, -0.15) is 4.98 Å². The van der Waals surface area contributed by atoms with E-state index in [9.17, 15) is 9.59 Å². The van der Waals surface area contributed by atoms with E-state index in [1.54, 1.807) is 0 Å². The Balaban J connectivity index is 1.52. The monoisotopic (exact) mass is 400 g/mol. The lowest BCUT2D eigenvalue weighted by Gasteiger charge is -2.38. The molecule has 9 heteroatoms. The lowest BCUT2D eigenvalue weighted by Crippen LogP contribution is -2.55. The van der Waals surface area contributed by atoms with Crippen molar-refractivity contribution < 1.29 is 14.1 Å². The Morgan fingerprint density at radius 3 is 2.41 bits per heavy atom. The van der Waals surface area contributed by atoms with Crippen LogP contribution in [0.2, 0.25) is 0 Å². The Bertz CT molecular complexity index is 817. The number of aromatic nitrogens is 2. The molecular formula is C20H28N6O3. The summed E-state index contributed by atoms with van der Waals surface area (Å²) in [4.78, 5) is 32.4. The van der Waals surface area contributed by atoms with E-state index in [1.165, 1.54) is 7.05 Å². The van der Waals surface area contributed by atoms with Crippen LogP contribution in [0.3, 0.4) is 0 Å². The summed E-state index contributed by atoms with van der Waals surface area (Å²) in [6.07, 6.45) is 0.642. The number of amides is 3. The van der Waals surface area contributed by atoms with E-state index in [1.807, 2.05) is 37.3 Å². The molecule has 2 heterocycles. The summed E-state index contributed by atoms with van der Waals surface area (Å²) in [5.74, 6) is 0.985. The SMILES string of the molecule is CNC(=O)NC(=O)[C@@H](C)N1CCN([C@H](C)c2nc(Cc3ccccc3)no2)CC1. The number of hydrogen-bond acceptors (Lipinski definition) is 7. The molecule has 1 fully saturated rings. The van der Waals surface area contributed by atoms with Crippen LogP contribution in [-0.2, 0) is 11.2 Å². The number of carbonyl (C=O) groups excluding carboxylic acids is 2. The molecule has 2 aromatic rings. The number of benzene rings is 1. The molecule has 0 spiro atoms. The van der Waals surface area contributed by atoms with E-state index in [2.05, 4.69) is 37.5 Å². The zero-order chi connectivity index (χ0) is 20.8. The standard InChI is InChI=1S/C20H28N6O3/c1-14(18(27)23-20(28)21-3)25-9-11-26(12-10-25)15(2)19-22-17(24-29-19)13-16-7-5-4-6-8-16/h4-8,14-15H,9-13H2,1-3H3,(H2,21,23,27,28)/t14-,15-/m1/s1. The Morgan fingerprint density at radius 1 is 1.10 bits per heavy atom. The van der Waals surface area contributed by atoms with Crippen molar-refractivity contribution in [3.05, 3.63) is 47.6 Å². The van der Waals surface area contributed by atoms with Crippen LogP contribution in [0.15, 0.2) is 34.9 Å². The van der Waals surface area contributed by atoms with E-state index >= 15 is 0 Å². The third-order valence-corrected chi connectivity index (χ3v) is 5.33. The lowest BCUT2D eigenvalue weighted by atomic mass is 10.1. The van der Waals surface area contributed by atoms with Gasteiger partial charge in [0.15, 0.2) is 5.82 Å². The molecule has 0 aliphatic carbocycles. The van der Waals surface area contributed by atoms with Gasteiger partial charge in [-0.3, -0.25) is 19.9 Å². The molecule has 29 heavy (non-hydrogen) atoms. The number of imide groups is 1. The molecule has 1 aliphatic heterocycles. The molecule has 1 aliphatic rings. The van der Waals surface area contributed by atoms with Gasteiger partial charge in [0.25, 0.3) is 0 Å². The molecule has 0 unspecified atom stereocenters. The van der Waals surface area contributed by atoms with Gasteiger partial charge in [0.05, 0.1) is 12.1 Å². The first kappa shape index (κ1) is 20.9. The minimum atomic E-state index is -0.489. The number of hydrogen-bond donors (Lipinski definition) is 2. The fourth-order valence-corrected chi connectivity index (χ4v) is 3.40. The number of rotatable bonds is 6. The number of nitrogens with zero attached hydrogens (tertiary/aromatic N) is 4. The maximum atomic E-state index is 12.1. The normalized spacial score (nSPS) is 17.5. The van der Waals surface area contributed by atoms with Crippen LogP contribution in [0.25, 0.3) is 0 Å². The fourth-order valence-electron chi connectivity index (χ4n) is 3.40. The first-order valence-electron chi connectivity index (χ1n) is 9.85. The highest BCUT2D eigenvalue weighted by atomic mass is 16.5. The van der Waals surface area contributed by atoms with Crippen molar-refractivity contribution in [2.24, 2.45) is 0 Å². The molecule has 156 valence electrons. The predicted octanol–water partition coefficient (Wildman–Crippen LogP) is 1.18. The summed E-state index contributed by atoms with van der Waals surface area (Å²) in [7, 11) is 1.48. The summed E-state index contributed by atoms with van der Waals surface area (Å²) in [6.45, 7) is 6.85. The molecule has 3 amide bonds. The first-order chi connectivity index (χ1) is 14.0. The van der Waals surface area contributed by atoms with Crippen molar-refractivity contribution in [3.63, 3.8) is 0 Å². The molecule has 3 rings (SSSR count). The van der Waals surface area contributed by atoms with Gasteiger partial charge in [0, 0.05) is 39.6 Å². The third kappa shape index (κ3) is 5.39. The van der Waals surface area contributed by atoms with Gasteiger partial charge in [0.2, 0.25) is 11.8 Å². The average Bonchev–Trinajstić information content (AvgIpc) is 3.21. The second-order valence-corrected chi connectivity index (χ2v) is 7.20. The van der Waals surface area contributed by atoms with Crippen molar-refractivity contribution in [1.29, 1.82) is 0 Å². The second kappa shape index (κ2) is 9.62. The molecule has 2 N–H and O–H groups in total. The molecule has 1 saturated heterocycles. The van der Waals surface area contributed by atoms with Gasteiger partial charge in [-0.05, 0) is 19.4 Å². The number of piperazine rings is 1. The Labute approximate surface area is 170 Å². The number of carbonyl (C=O) groups is 2. The highest BCUT2D eigenvalue weighted by Crippen LogP contribution is 2.21. The van der Waals surface area contributed by atoms with Crippen LogP contribution in [-0.4, -0.2) is 71.1 Å². The van der Waals surface area contributed by atoms with Gasteiger partial charge in [0.1, 0.15) is 0 Å². The molecule has 0 saturated carbocycles. The zero-order valence-corrected chi connectivity index (χ0v) is 17.1. The second-order valence-electron chi connectivity index (χ2n) is 7.20. The zero-order valence-electron chi connectivity index (χ0n) is 17.1. The summed E-state index contributed by atoms with van der Waals surface area (Å²) >= 11 is 0. The van der Waals surface area contributed by atoms with E-state index in [0.717, 1.165) is 31.7 Å². The van der Waals surface area contributed by atoms with Crippen LogP contribution >= 0.6 is 0 Å². The molecule has 1 aromatic heterocycles. The van der Waals surface area contributed by atoms with E-state index < -0.39 is 6.03 Å². The third-order valence-electron chi connectivity index (χ3n) is 5.33. The van der Waals surface area contributed by atoms with Crippen molar-refractivity contribution in [3.8, 4) is 0 Å². The highest BCUT2D eigenvalue weighted by Gasteiger charge is 2.30. The summed E-state index contributed by atoms with van der Waals surface area (Å²) in [6, 6.07) is 9.20. The maximum Gasteiger partial charge on any atom is 0.321 e. The quantitative estimate of drug-likeness (QED) is 0.750.